The zero-order valence-corrected chi connectivity index (χ0v) is 18.1. The number of carbonyl (C=O) groups excluding carboxylic acids is 1. The first-order chi connectivity index (χ1) is 11.4. The normalized spacial score (nSPS) is 23.1. The number of sulfone groups is 1. The number of ether oxygens (including phenoxy) is 1. The zero-order valence-electron chi connectivity index (χ0n) is 14.9. The molecule has 2 aliphatic rings. The van der Waals surface area contributed by atoms with Crippen LogP contribution in [0.3, 0.4) is 0 Å². The van der Waals surface area contributed by atoms with Crippen molar-refractivity contribution in [2.75, 3.05) is 57.4 Å². The number of aliphatic imine (C=N–C) groups is 1. The van der Waals surface area contributed by atoms with Gasteiger partial charge in [-0.3, -0.25) is 4.99 Å². The first-order valence-electron chi connectivity index (χ1n) is 8.60. The third-order valence-corrected chi connectivity index (χ3v) is 6.10. The molecule has 25 heavy (non-hydrogen) atoms. The lowest BCUT2D eigenvalue weighted by Gasteiger charge is -2.36. The second-order valence-corrected chi connectivity index (χ2v) is 8.37. The van der Waals surface area contributed by atoms with E-state index in [0.29, 0.717) is 45.8 Å². The summed E-state index contributed by atoms with van der Waals surface area (Å²) in [7, 11) is -2.86. The molecule has 146 valence electrons. The largest absolute Gasteiger partial charge is 0.450 e. The van der Waals surface area contributed by atoms with Gasteiger partial charge >= 0.3 is 6.09 Å². The standard InChI is InChI=1S/C15H28N4O4S.HI/c1-3-16-14(17-11-13-5-10-24(21,22)12-13)18-6-8-19(9-7-18)15(20)23-4-2;/h13H,3-12H2,1-2H3,(H,16,17);1H. The molecule has 1 atom stereocenters. The Hall–Kier alpha value is -0.780. The lowest BCUT2D eigenvalue weighted by atomic mass is 10.1. The van der Waals surface area contributed by atoms with Crippen molar-refractivity contribution in [1.82, 2.24) is 15.1 Å². The fraction of sp³-hybridized carbons (Fsp3) is 0.867. The fourth-order valence-electron chi connectivity index (χ4n) is 2.97. The highest BCUT2D eigenvalue weighted by molar-refractivity contribution is 14.0. The second kappa shape index (κ2) is 10.4. The van der Waals surface area contributed by atoms with E-state index in [1.165, 1.54) is 0 Å². The number of guanidine groups is 1. The quantitative estimate of drug-likeness (QED) is 0.358. The molecule has 2 saturated heterocycles. The second-order valence-electron chi connectivity index (χ2n) is 6.14. The average molecular weight is 488 g/mol. The van der Waals surface area contributed by atoms with Crippen LogP contribution in [0.5, 0.6) is 0 Å². The molecule has 2 fully saturated rings. The topological polar surface area (TPSA) is 91.3 Å². The fourth-order valence-corrected chi connectivity index (χ4v) is 4.82. The van der Waals surface area contributed by atoms with Crippen molar-refractivity contribution in [3.05, 3.63) is 0 Å². The zero-order chi connectivity index (χ0) is 17.6. The average Bonchev–Trinajstić information content (AvgIpc) is 2.91. The summed E-state index contributed by atoms with van der Waals surface area (Å²) in [6.45, 7) is 8.04. The number of nitrogens with one attached hydrogen (secondary N) is 1. The van der Waals surface area contributed by atoms with Gasteiger partial charge in [0, 0.05) is 39.3 Å². The maximum absolute atomic E-state index is 11.7. The van der Waals surface area contributed by atoms with Crippen LogP contribution in [-0.4, -0.2) is 87.7 Å². The van der Waals surface area contributed by atoms with Crippen molar-refractivity contribution in [2.45, 2.75) is 20.3 Å². The number of halogens is 1. The van der Waals surface area contributed by atoms with Crippen LogP contribution in [0.2, 0.25) is 0 Å². The van der Waals surface area contributed by atoms with E-state index < -0.39 is 9.84 Å². The highest BCUT2D eigenvalue weighted by atomic mass is 127. The van der Waals surface area contributed by atoms with Gasteiger partial charge < -0.3 is 19.9 Å². The number of hydrogen-bond acceptors (Lipinski definition) is 5. The van der Waals surface area contributed by atoms with Crippen LogP contribution in [0.4, 0.5) is 4.79 Å². The summed E-state index contributed by atoms with van der Waals surface area (Å²) in [4.78, 5) is 20.2. The third kappa shape index (κ3) is 6.80. The molecule has 10 heteroatoms. The van der Waals surface area contributed by atoms with Gasteiger partial charge in [0.15, 0.2) is 15.8 Å². The number of hydrogen-bond donors (Lipinski definition) is 1. The van der Waals surface area contributed by atoms with Crippen molar-refractivity contribution in [1.29, 1.82) is 0 Å². The summed E-state index contributed by atoms with van der Waals surface area (Å²) in [5.41, 5.74) is 0. The van der Waals surface area contributed by atoms with Gasteiger partial charge in [-0.1, -0.05) is 0 Å². The molecule has 1 amide bonds. The first-order valence-corrected chi connectivity index (χ1v) is 10.4. The molecule has 0 aromatic rings. The van der Waals surface area contributed by atoms with Gasteiger partial charge in [0.05, 0.1) is 18.1 Å². The smallest absolute Gasteiger partial charge is 0.409 e. The van der Waals surface area contributed by atoms with Crippen LogP contribution in [0.25, 0.3) is 0 Å². The van der Waals surface area contributed by atoms with Crippen molar-refractivity contribution >= 4 is 45.9 Å². The third-order valence-electron chi connectivity index (χ3n) is 4.27. The predicted molar refractivity (Wildman–Crippen MR) is 108 cm³/mol. The van der Waals surface area contributed by atoms with E-state index in [2.05, 4.69) is 15.2 Å². The molecular formula is C15H29IN4O4S. The lowest BCUT2D eigenvalue weighted by molar-refractivity contribution is 0.0914. The summed E-state index contributed by atoms with van der Waals surface area (Å²) in [5.74, 6) is 1.43. The molecule has 0 bridgehead atoms. The lowest BCUT2D eigenvalue weighted by Crippen LogP contribution is -2.54. The molecule has 0 saturated carbocycles. The monoisotopic (exact) mass is 488 g/mol. The molecule has 0 aromatic heterocycles. The molecule has 2 aliphatic heterocycles. The molecular weight excluding hydrogens is 459 g/mol. The summed E-state index contributed by atoms with van der Waals surface area (Å²) in [6.07, 6.45) is 0.428. The van der Waals surface area contributed by atoms with Gasteiger partial charge in [0.1, 0.15) is 0 Å². The molecule has 0 aliphatic carbocycles. The molecule has 2 heterocycles. The highest BCUT2D eigenvalue weighted by Gasteiger charge is 2.28. The summed E-state index contributed by atoms with van der Waals surface area (Å²) in [6, 6.07) is 0. The van der Waals surface area contributed by atoms with E-state index in [1.807, 2.05) is 6.92 Å². The first kappa shape index (κ1) is 22.3. The van der Waals surface area contributed by atoms with Gasteiger partial charge in [-0.15, -0.1) is 24.0 Å². The van der Waals surface area contributed by atoms with E-state index in [4.69, 9.17) is 4.74 Å². The molecule has 1 unspecified atom stereocenters. The predicted octanol–water partition coefficient (Wildman–Crippen LogP) is 0.779. The number of amides is 1. The summed E-state index contributed by atoms with van der Waals surface area (Å²) < 4.78 is 28.1. The Morgan fingerprint density at radius 2 is 1.84 bits per heavy atom. The number of piperazine rings is 1. The van der Waals surface area contributed by atoms with E-state index >= 15 is 0 Å². The Kier molecular flexibility index (Phi) is 9.25. The molecule has 0 aromatic carbocycles. The Morgan fingerprint density at radius 1 is 1.20 bits per heavy atom. The molecule has 1 N–H and O–H groups in total. The van der Waals surface area contributed by atoms with Crippen molar-refractivity contribution in [2.24, 2.45) is 10.9 Å². The highest BCUT2D eigenvalue weighted by Crippen LogP contribution is 2.18. The van der Waals surface area contributed by atoms with Crippen LogP contribution < -0.4 is 5.32 Å². The number of rotatable bonds is 4. The Balaban J connectivity index is 0.00000312. The minimum atomic E-state index is -2.86. The van der Waals surface area contributed by atoms with E-state index in [9.17, 15) is 13.2 Å². The molecule has 0 spiro atoms. The van der Waals surface area contributed by atoms with Crippen molar-refractivity contribution < 1.29 is 17.9 Å². The minimum absolute atomic E-state index is 0. The van der Waals surface area contributed by atoms with E-state index in [1.54, 1.807) is 11.8 Å². The van der Waals surface area contributed by atoms with Gasteiger partial charge in [-0.05, 0) is 26.2 Å². The maximum Gasteiger partial charge on any atom is 0.409 e. The van der Waals surface area contributed by atoms with Crippen LogP contribution in [-0.2, 0) is 14.6 Å². The van der Waals surface area contributed by atoms with Gasteiger partial charge in [0.2, 0.25) is 0 Å². The van der Waals surface area contributed by atoms with Crippen molar-refractivity contribution in [3.8, 4) is 0 Å². The van der Waals surface area contributed by atoms with Gasteiger partial charge in [0.25, 0.3) is 0 Å². The minimum Gasteiger partial charge on any atom is -0.450 e. The van der Waals surface area contributed by atoms with Crippen molar-refractivity contribution in [3.63, 3.8) is 0 Å². The SMILES string of the molecule is CCNC(=NCC1CCS(=O)(=O)C1)N1CCN(C(=O)OCC)CC1.I. The Bertz CT molecular complexity index is 562. The van der Waals surface area contributed by atoms with Gasteiger partial charge in [-0.2, -0.15) is 0 Å². The molecule has 8 nitrogen and oxygen atoms in total. The molecule has 2 rings (SSSR count). The summed E-state index contributed by atoms with van der Waals surface area (Å²) in [5, 5.41) is 3.26. The van der Waals surface area contributed by atoms with Crippen LogP contribution in [0.1, 0.15) is 20.3 Å². The number of nitrogens with zero attached hydrogens (tertiary/aromatic N) is 3. The molecule has 0 radical (unpaired) electrons. The van der Waals surface area contributed by atoms with Gasteiger partial charge in [-0.25, -0.2) is 13.2 Å². The Morgan fingerprint density at radius 3 is 2.36 bits per heavy atom. The van der Waals surface area contributed by atoms with Crippen LogP contribution in [0, 0.1) is 5.92 Å². The van der Waals surface area contributed by atoms with E-state index in [-0.39, 0.29) is 47.5 Å². The maximum atomic E-state index is 11.7. The van der Waals surface area contributed by atoms with Crippen LogP contribution in [0.15, 0.2) is 4.99 Å². The summed E-state index contributed by atoms with van der Waals surface area (Å²) >= 11 is 0. The Labute approximate surface area is 167 Å². The number of carbonyl (C=O) groups is 1. The van der Waals surface area contributed by atoms with E-state index in [0.717, 1.165) is 12.5 Å². The van der Waals surface area contributed by atoms with Crippen LogP contribution >= 0.6 is 24.0 Å².